The van der Waals surface area contributed by atoms with Crippen LogP contribution < -0.4 is 5.32 Å². The van der Waals surface area contributed by atoms with Crippen molar-refractivity contribution in [1.82, 2.24) is 5.32 Å². The zero-order valence-corrected chi connectivity index (χ0v) is 12.8. The van der Waals surface area contributed by atoms with Crippen molar-refractivity contribution in [3.8, 4) is 0 Å². The summed E-state index contributed by atoms with van der Waals surface area (Å²) in [6, 6.07) is 12.7. The summed E-state index contributed by atoms with van der Waals surface area (Å²) < 4.78 is 0. The van der Waals surface area contributed by atoms with E-state index in [4.69, 9.17) is 34.8 Å². The van der Waals surface area contributed by atoms with Crippen LogP contribution in [-0.4, -0.2) is 5.91 Å². The second-order valence-corrected chi connectivity index (χ2v) is 5.31. The maximum absolute atomic E-state index is 12.1. The first-order chi connectivity index (χ1) is 9.61. The van der Waals surface area contributed by atoms with E-state index in [2.05, 4.69) is 5.32 Å². The van der Waals surface area contributed by atoms with Crippen LogP contribution in [0.25, 0.3) is 0 Å². The Morgan fingerprint density at radius 2 is 1.50 bits per heavy atom. The topological polar surface area (TPSA) is 29.1 Å². The monoisotopic (exact) mass is 327 g/mol. The third kappa shape index (κ3) is 3.66. The van der Waals surface area contributed by atoms with Crippen LogP contribution in [0, 0.1) is 0 Å². The van der Waals surface area contributed by atoms with E-state index in [1.165, 1.54) is 0 Å². The molecule has 0 bridgehead atoms. The Morgan fingerprint density at radius 1 is 0.950 bits per heavy atom. The molecule has 104 valence electrons. The minimum atomic E-state index is -0.290. The predicted molar refractivity (Wildman–Crippen MR) is 83.6 cm³/mol. The molecule has 0 atom stereocenters. The molecule has 0 aliphatic rings. The van der Waals surface area contributed by atoms with Gasteiger partial charge >= 0.3 is 0 Å². The summed E-state index contributed by atoms with van der Waals surface area (Å²) in [4.78, 5) is 12.1. The van der Waals surface area contributed by atoms with Gasteiger partial charge in [0.15, 0.2) is 0 Å². The molecular formula is C15H12Cl3NO. The van der Waals surface area contributed by atoms with Crippen molar-refractivity contribution in [2.24, 2.45) is 0 Å². The maximum atomic E-state index is 12.1. The van der Waals surface area contributed by atoms with Gasteiger partial charge in [-0.25, -0.2) is 0 Å². The summed E-state index contributed by atoms with van der Waals surface area (Å²) in [6.07, 6.45) is 0. The van der Waals surface area contributed by atoms with Crippen LogP contribution in [0.4, 0.5) is 0 Å². The van der Waals surface area contributed by atoms with Gasteiger partial charge in [-0.1, -0.05) is 53.5 Å². The number of carbonyl (C=O) groups is 1. The fourth-order valence-electron chi connectivity index (χ4n) is 1.73. The molecule has 0 unspecified atom stereocenters. The van der Waals surface area contributed by atoms with Crippen molar-refractivity contribution >= 4 is 40.7 Å². The fraction of sp³-hybridized carbons (Fsp3) is 0.133. The highest BCUT2D eigenvalue weighted by atomic mass is 35.5. The summed E-state index contributed by atoms with van der Waals surface area (Å²) in [5.74, 6) is 0.184. The Bertz CT molecular complexity index is 591. The lowest BCUT2D eigenvalue weighted by molar-refractivity contribution is 0.0951. The van der Waals surface area contributed by atoms with Crippen LogP contribution in [0.3, 0.4) is 0 Å². The van der Waals surface area contributed by atoms with Crippen LogP contribution in [0.5, 0.6) is 0 Å². The van der Waals surface area contributed by atoms with Gasteiger partial charge in [-0.2, -0.15) is 0 Å². The van der Waals surface area contributed by atoms with E-state index >= 15 is 0 Å². The van der Waals surface area contributed by atoms with Gasteiger partial charge in [0.1, 0.15) is 0 Å². The number of hydrogen-bond acceptors (Lipinski definition) is 1. The molecule has 2 aromatic rings. The summed E-state index contributed by atoms with van der Waals surface area (Å²) in [5.41, 5.74) is 2.32. The molecule has 0 fully saturated rings. The third-order valence-corrected chi connectivity index (χ3v) is 3.76. The molecule has 0 spiro atoms. The van der Waals surface area contributed by atoms with Crippen molar-refractivity contribution in [2.75, 3.05) is 0 Å². The molecular weight excluding hydrogens is 317 g/mol. The fourth-order valence-corrected chi connectivity index (χ4v) is 2.48. The summed E-state index contributed by atoms with van der Waals surface area (Å²) in [7, 11) is 0. The standard InChI is InChI=1S/C15H12Cl3NO/c16-8-10-4-6-11(7-5-10)9-19-15(20)14-12(17)2-1-3-13(14)18/h1-7H,8-9H2,(H,19,20). The lowest BCUT2D eigenvalue weighted by atomic mass is 10.1. The molecule has 0 aliphatic carbocycles. The van der Waals surface area contributed by atoms with Gasteiger partial charge in [0, 0.05) is 12.4 Å². The van der Waals surface area contributed by atoms with Crippen molar-refractivity contribution in [2.45, 2.75) is 12.4 Å². The zero-order valence-electron chi connectivity index (χ0n) is 10.5. The van der Waals surface area contributed by atoms with Gasteiger partial charge in [0.2, 0.25) is 0 Å². The van der Waals surface area contributed by atoms with Gasteiger partial charge in [-0.3, -0.25) is 4.79 Å². The lowest BCUT2D eigenvalue weighted by Gasteiger charge is -2.08. The Hall–Kier alpha value is -1.22. The van der Waals surface area contributed by atoms with Crippen LogP contribution in [0.1, 0.15) is 21.5 Å². The molecule has 2 aromatic carbocycles. The highest BCUT2D eigenvalue weighted by molar-refractivity contribution is 6.39. The van der Waals surface area contributed by atoms with Crippen molar-refractivity contribution in [3.05, 3.63) is 69.2 Å². The number of hydrogen-bond donors (Lipinski definition) is 1. The normalized spacial score (nSPS) is 10.3. The number of halogens is 3. The first-order valence-electron chi connectivity index (χ1n) is 5.98. The highest BCUT2D eigenvalue weighted by Gasteiger charge is 2.13. The van der Waals surface area contributed by atoms with Crippen molar-refractivity contribution < 1.29 is 4.79 Å². The number of amides is 1. The molecule has 1 N–H and O–H groups in total. The number of alkyl halides is 1. The number of benzene rings is 2. The molecule has 0 aromatic heterocycles. The lowest BCUT2D eigenvalue weighted by Crippen LogP contribution is -2.23. The summed E-state index contributed by atoms with van der Waals surface area (Å²) >= 11 is 17.7. The van der Waals surface area contributed by atoms with E-state index in [0.29, 0.717) is 28.0 Å². The summed E-state index contributed by atoms with van der Waals surface area (Å²) in [6.45, 7) is 0.406. The molecule has 20 heavy (non-hydrogen) atoms. The molecule has 1 amide bonds. The Morgan fingerprint density at radius 3 is 2.05 bits per heavy atom. The Balaban J connectivity index is 2.05. The second kappa shape index (κ2) is 6.98. The Kier molecular flexibility index (Phi) is 5.30. The number of rotatable bonds is 4. The SMILES string of the molecule is O=C(NCc1ccc(CCl)cc1)c1c(Cl)cccc1Cl. The van der Waals surface area contributed by atoms with Crippen LogP contribution >= 0.6 is 34.8 Å². The van der Waals surface area contributed by atoms with Gasteiger partial charge in [0.25, 0.3) is 5.91 Å². The largest absolute Gasteiger partial charge is 0.348 e. The molecule has 0 saturated carbocycles. The molecule has 2 nitrogen and oxygen atoms in total. The summed E-state index contributed by atoms with van der Waals surface area (Å²) in [5, 5.41) is 3.47. The molecule has 0 heterocycles. The molecule has 0 radical (unpaired) electrons. The van der Waals surface area contributed by atoms with Gasteiger partial charge < -0.3 is 5.32 Å². The van der Waals surface area contributed by atoms with E-state index in [-0.39, 0.29) is 5.91 Å². The van der Waals surface area contributed by atoms with Crippen molar-refractivity contribution in [1.29, 1.82) is 0 Å². The van der Waals surface area contributed by atoms with Gasteiger partial charge in [-0.05, 0) is 23.3 Å². The van der Waals surface area contributed by atoms with Crippen molar-refractivity contribution in [3.63, 3.8) is 0 Å². The van der Waals surface area contributed by atoms with Crippen LogP contribution in [0.2, 0.25) is 10.0 Å². The van der Waals surface area contributed by atoms with E-state index in [0.717, 1.165) is 11.1 Å². The van der Waals surface area contributed by atoms with Crippen LogP contribution in [-0.2, 0) is 12.4 Å². The van der Waals surface area contributed by atoms with Gasteiger partial charge in [-0.15, -0.1) is 11.6 Å². The average molecular weight is 329 g/mol. The van der Waals surface area contributed by atoms with E-state index in [1.54, 1.807) is 18.2 Å². The molecule has 2 rings (SSSR count). The minimum Gasteiger partial charge on any atom is -0.348 e. The molecule has 5 heteroatoms. The Labute approximate surface area is 132 Å². The van der Waals surface area contributed by atoms with E-state index in [1.807, 2.05) is 24.3 Å². The first kappa shape index (κ1) is 15.2. The predicted octanol–water partition coefficient (Wildman–Crippen LogP) is 4.66. The average Bonchev–Trinajstić information content (AvgIpc) is 2.45. The van der Waals surface area contributed by atoms with Crippen LogP contribution in [0.15, 0.2) is 42.5 Å². The van der Waals surface area contributed by atoms with Gasteiger partial charge in [0.05, 0.1) is 15.6 Å². The smallest absolute Gasteiger partial charge is 0.254 e. The quantitative estimate of drug-likeness (QED) is 0.812. The minimum absolute atomic E-state index is 0.290. The maximum Gasteiger partial charge on any atom is 0.254 e. The molecule has 0 saturated heterocycles. The van der Waals surface area contributed by atoms with E-state index < -0.39 is 0 Å². The highest BCUT2D eigenvalue weighted by Crippen LogP contribution is 2.24. The zero-order chi connectivity index (χ0) is 14.5. The third-order valence-electron chi connectivity index (χ3n) is 2.82. The first-order valence-corrected chi connectivity index (χ1v) is 7.27. The number of nitrogens with one attached hydrogen (secondary N) is 1. The second-order valence-electron chi connectivity index (χ2n) is 4.23. The number of carbonyl (C=O) groups excluding carboxylic acids is 1. The van der Waals surface area contributed by atoms with E-state index in [9.17, 15) is 4.79 Å². The molecule has 0 aliphatic heterocycles.